The second-order valence-electron chi connectivity index (χ2n) is 3.46. The lowest BCUT2D eigenvalue weighted by Gasteiger charge is -1.98. The van der Waals surface area contributed by atoms with Crippen LogP contribution in [0.5, 0.6) is 0 Å². The van der Waals surface area contributed by atoms with Crippen molar-refractivity contribution in [2.45, 2.75) is 0 Å². The minimum atomic E-state index is -0.340. The van der Waals surface area contributed by atoms with E-state index in [1.165, 1.54) is 18.6 Å². The zero-order valence-corrected chi connectivity index (χ0v) is 9.01. The number of hydrogen-bond donors (Lipinski definition) is 0. The molecule has 0 fully saturated rings. The average Bonchev–Trinajstić information content (AvgIpc) is 2.35. The molecule has 0 unspecified atom stereocenters. The second kappa shape index (κ2) is 4.62. The standard InChI is InChI=1S/C14H12O2/c1-16-14(15)9-7-11-6-8-12-4-2-3-5-13(12)10-11/h2-10H,1H3. The predicted molar refractivity (Wildman–Crippen MR) is 65.0 cm³/mol. The summed E-state index contributed by atoms with van der Waals surface area (Å²) in [4.78, 5) is 10.9. The van der Waals surface area contributed by atoms with Gasteiger partial charge < -0.3 is 4.74 Å². The first-order chi connectivity index (χ1) is 7.79. The molecule has 16 heavy (non-hydrogen) atoms. The van der Waals surface area contributed by atoms with Crippen molar-refractivity contribution >= 4 is 22.8 Å². The van der Waals surface area contributed by atoms with E-state index >= 15 is 0 Å². The molecule has 80 valence electrons. The molecule has 0 atom stereocenters. The first-order valence-corrected chi connectivity index (χ1v) is 5.04. The van der Waals surface area contributed by atoms with Gasteiger partial charge in [0.05, 0.1) is 7.11 Å². The zero-order valence-electron chi connectivity index (χ0n) is 9.01. The predicted octanol–water partition coefficient (Wildman–Crippen LogP) is 3.03. The van der Waals surface area contributed by atoms with Gasteiger partial charge in [-0.3, -0.25) is 0 Å². The fraction of sp³-hybridized carbons (Fsp3) is 0.0714. The van der Waals surface area contributed by atoms with Crippen LogP contribution in [0.4, 0.5) is 0 Å². The Morgan fingerprint density at radius 3 is 2.62 bits per heavy atom. The maximum atomic E-state index is 10.9. The molecule has 0 saturated carbocycles. The SMILES string of the molecule is COC(=O)C=Cc1ccc2ccccc2c1. The molecule has 0 bridgehead atoms. The van der Waals surface area contributed by atoms with Crippen molar-refractivity contribution in [2.75, 3.05) is 7.11 Å². The van der Waals surface area contributed by atoms with E-state index in [0.29, 0.717) is 0 Å². The Kier molecular flexibility index (Phi) is 3.01. The number of carbonyl (C=O) groups excluding carboxylic acids is 1. The summed E-state index contributed by atoms with van der Waals surface area (Å²) in [6.07, 6.45) is 3.17. The molecule has 0 N–H and O–H groups in total. The molecule has 0 aliphatic rings. The summed E-state index contributed by atoms with van der Waals surface area (Å²) in [5, 5.41) is 2.35. The van der Waals surface area contributed by atoms with Gasteiger partial charge in [-0.05, 0) is 28.5 Å². The fourth-order valence-corrected chi connectivity index (χ4v) is 1.54. The number of fused-ring (bicyclic) bond motifs is 1. The van der Waals surface area contributed by atoms with Crippen LogP contribution < -0.4 is 0 Å². The van der Waals surface area contributed by atoms with E-state index in [1.807, 2.05) is 36.4 Å². The number of methoxy groups -OCH3 is 1. The largest absolute Gasteiger partial charge is 0.466 e. The molecule has 0 aromatic heterocycles. The van der Waals surface area contributed by atoms with E-state index in [2.05, 4.69) is 10.8 Å². The number of benzene rings is 2. The zero-order chi connectivity index (χ0) is 11.4. The Morgan fingerprint density at radius 2 is 1.88 bits per heavy atom. The minimum absolute atomic E-state index is 0.340. The highest BCUT2D eigenvalue weighted by Gasteiger charge is 1.94. The van der Waals surface area contributed by atoms with Crippen molar-refractivity contribution in [3.05, 3.63) is 54.1 Å². The van der Waals surface area contributed by atoms with E-state index in [1.54, 1.807) is 6.08 Å². The fourth-order valence-electron chi connectivity index (χ4n) is 1.54. The highest BCUT2D eigenvalue weighted by molar-refractivity contribution is 5.89. The van der Waals surface area contributed by atoms with Gasteiger partial charge in [-0.2, -0.15) is 0 Å². The Hall–Kier alpha value is -2.09. The van der Waals surface area contributed by atoms with Crippen LogP contribution in [0, 0.1) is 0 Å². The van der Waals surface area contributed by atoms with Gasteiger partial charge in [0.2, 0.25) is 0 Å². The molecule has 0 aliphatic heterocycles. The van der Waals surface area contributed by atoms with Crippen LogP contribution >= 0.6 is 0 Å². The number of esters is 1. The van der Waals surface area contributed by atoms with Crippen LogP contribution in [0.3, 0.4) is 0 Å². The summed E-state index contributed by atoms with van der Waals surface area (Å²) in [6, 6.07) is 14.2. The van der Waals surface area contributed by atoms with E-state index in [-0.39, 0.29) is 5.97 Å². The van der Waals surface area contributed by atoms with Crippen LogP contribution in [0.15, 0.2) is 48.5 Å². The van der Waals surface area contributed by atoms with Crippen molar-refractivity contribution in [3.63, 3.8) is 0 Å². The topological polar surface area (TPSA) is 26.3 Å². The third kappa shape index (κ3) is 2.28. The van der Waals surface area contributed by atoms with Crippen LogP contribution in [-0.2, 0) is 9.53 Å². The van der Waals surface area contributed by atoms with Gasteiger partial charge in [-0.1, -0.05) is 36.4 Å². The molecular weight excluding hydrogens is 200 g/mol. The van der Waals surface area contributed by atoms with Crippen molar-refractivity contribution < 1.29 is 9.53 Å². The van der Waals surface area contributed by atoms with Crippen molar-refractivity contribution in [2.24, 2.45) is 0 Å². The molecule has 0 saturated heterocycles. The molecular formula is C14H12O2. The molecule has 0 amide bonds. The monoisotopic (exact) mass is 212 g/mol. The van der Waals surface area contributed by atoms with Crippen LogP contribution in [-0.4, -0.2) is 13.1 Å². The summed E-state index contributed by atoms with van der Waals surface area (Å²) >= 11 is 0. The van der Waals surface area contributed by atoms with E-state index in [9.17, 15) is 4.79 Å². The Balaban J connectivity index is 2.33. The van der Waals surface area contributed by atoms with Gasteiger partial charge >= 0.3 is 5.97 Å². The molecule has 0 heterocycles. The van der Waals surface area contributed by atoms with Crippen molar-refractivity contribution in [3.8, 4) is 0 Å². The quantitative estimate of drug-likeness (QED) is 0.565. The summed E-state index contributed by atoms with van der Waals surface area (Å²) in [6.45, 7) is 0. The third-order valence-corrected chi connectivity index (χ3v) is 2.39. The Morgan fingerprint density at radius 1 is 1.12 bits per heavy atom. The molecule has 2 aromatic rings. The Labute approximate surface area is 94.2 Å². The summed E-state index contributed by atoms with van der Waals surface area (Å²) < 4.78 is 4.53. The van der Waals surface area contributed by atoms with Gasteiger partial charge in [-0.25, -0.2) is 4.79 Å². The maximum Gasteiger partial charge on any atom is 0.330 e. The summed E-state index contributed by atoms with van der Waals surface area (Å²) in [5.74, 6) is -0.340. The van der Waals surface area contributed by atoms with Gasteiger partial charge in [0.15, 0.2) is 0 Å². The van der Waals surface area contributed by atoms with E-state index in [0.717, 1.165) is 10.9 Å². The number of rotatable bonds is 2. The molecule has 0 radical (unpaired) electrons. The van der Waals surface area contributed by atoms with Gasteiger partial charge in [0.25, 0.3) is 0 Å². The van der Waals surface area contributed by atoms with Crippen LogP contribution in [0.25, 0.3) is 16.8 Å². The number of hydrogen-bond acceptors (Lipinski definition) is 2. The first-order valence-electron chi connectivity index (χ1n) is 5.04. The van der Waals surface area contributed by atoms with Gasteiger partial charge in [0, 0.05) is 6.08 Å². The Bertz CT molecular complexity index is 541. The van der Waals surface area contributed by atoms with Crippen LogP contribution in [0.1, 0.15) is 5.56 Å². The average molecular weight is 212 g/mol. The lowest BCUT2D eigenvalue weighted by Crippen LogP contribution is -1.93. The molecule has 2 rings (SSSR count). The number of carbonyl (C=O) groups is 1. The molecule has 2 nitrogen and oxygen atoms in total. The van der Waals surface area contributed by atoms with Crippen LogP contribution in [0.2, 0.25) is 0 Å². The number of ether oxygens (including phenoxy) is 1. The highest BCUT2D eigenvalue weighted by Crippen LogP contribution is 2.16. The lowest BCUT2D eigenvalue weighted by molar-refractivity contribution is -0.134. The minimum Gasteiger partial charge on any atom is -0.466 e. The second-order valence-corrected chi connectivity index (χ2v) is 3.46. The summed E-state index contributed by atoms with van der Waals surface area (Å²) in [5.41, 5.74) is 0.990. The molecule has 0 aliphatic carbocycles. The molecule has 0 spiro atoms. The van der Waals surface area contributed by atoms with Gasteiger partial charge in [0.1, 0.15) is 0 Å². The smallest absolute Gasteiger partial charge is 0.330 e. The third-order valence-electron chi connectivity index (χ3n) is 2.39. The molecule has 2 aromatic carbocycles. The normalized spacial score (nSPS) is 10.8. The van der Waals surface area contributed by atoms with Gasteiger partial charge in [-0.15, -0.1) is 0 Å². The van der Waals surface area contributed by atoms with E-state index < -0.39 is 0 Å². The lowest BCUT2D eigenvalue weighted by atomic mass is 10.1. The summed E-state index contributed by atoms with van der Waals surface area (Å²) in [7, 11) is 1.37. The van der Waals surface area contributed by atoms with Crippen molar-refractivity contribution in [1.29, 1.82) is 0 Å². The molecule has 2 heteroatoms. The first kappa shape index (κ1) is 10.4. The maximum absolute atomic E-state index is 10.9. The van der Waals surface area contributed by atoms with Crippen molar-refractivity contribution in [1.82, 2.24) is 0 Å². The highest BCUT2D eigenvalue weighted by atomic mass is 16.5. The van der Waals surface area contributed by atoms with E-state index in [4.69, 9.17) is 0 Å².